The SMILES string of the molecule is COCCCc1nc(C(C)C)c(C(=O)O)s1. The van der Waals surface area contributed by atoms with E-state index in [0.29, 0.717) is 17.2 Å². The second kappa shape index (κ2) is 5.96. The van der Waals surface area contributed by atoms with Crippen LogP contribution in [0.4, 0.5) is 0 Å². The molecule has 1 heterocycles. The summed E-state index contributed by atoms with van der Waals surface area (Å²) in [6, 6.07) is 0. The Hall–Kier alpha value is -0.940. The highest BCUT2D eigenvalue weighted by molar-refractivity contribution is 7.13. The molecule has 0 aliphatic heterocycles. The molecular weight excluding hydrogens is 226 g/mol. The number of carboxylic acid groups (broad SMARTS) is 1. The summed E-state index contributed by atoms with van der Waals surface area (Å²) < 4.78 is 4.96. The standard InChI is InChI=1S/C11H17NO3S/c1-7(2)9-10(11(13)14)16-8(12-9)5-4-6-15-3/h7H,4-6H2,1-3H3,(H,13,14). The van der Waals surface area contributed by atoms with Crippen molar-refractivity contribution in [3.63, 3.8) is 0 Å². The number of rotatable bonds is 6. The fraction of sp³-hybridized carbons (Fsp3) is 0.636. The molecule has 0 saturated carbocycles. The second-order valence-corrected chi connectivity index (χ2v) is 4.96. The minimum Gasteiger partial charge on any atom is -0.477 e. The summed E-state index contributed by atoms with van der Waals surface area (Å²) in [4.78, 5) is 15.8. The van der Waals surface area contributed by atoms with Gasteiger partial charge in [-0.2, -0.15) is 0 Å². The molecule has 1 aromatic heterocycles. The summed E-state index contributed by atoms with van der Waals surface area (Å²) >= 11 is 1.28. The van der Waals surface area contributed by atoms with Crippen LogP contribution < -0.4 is 0 Å². The number of thiazole rings is 1. The first-order valence-electron chi connectivity index (χ1n) is 5.28. The Bertz CT molecular complexity index is 360. The van der Waals surface area contributed by atoms with Gasteiger partial charge in [-0.05, 0) is 12.3 Å². The van der Waals surface area contributed by atoms with E-state index in [1.165, 1.54) is 11.3 Å². The molecular formula is C11H17NO3S. The maximum atomic E-state index is 11.0. The van der Waals surface area contributed by atoms with Gasteiger partial charge in [0.1, 0.15) is 4.88 Å². The molecule has 1 N–H and O–H groups in total. The van der Waals surface area contributed by atoms with Crippen LogP contribution >= 0.6 is 11.3 Å². The Labute approximate surface area is 99.3 Å². The summed E-state index contributed by atoms with van der Waals surface area (Å²) in [5.74, 6) is -0.724. The van der Waals surface area contributed by atoms with Gasteiger partial charge in [-0.25, -0.2) is 9.78 Å². The predicted molar refractivity (Wildman–Crippen MR) is 63.4 cm³/mol. The molecule has 1 aromatic rings. The lowest BCUT2D eigenvalue weighted by atomic mass is 10.1. The Morgan fingerprint density at radius 2 is 2.25 bits per heavy atom. The average Bonchev–Trinajstić information content (AvgIpc) is 2.62. The van der Waals surface area contributed by atoms with Gasteiger partial charge >= 0.3 is 5.97 Å². The van der Waals surface area contributed by atoms with Crippen LogP contribution in [0.25, 0.3) is 0 Å². The third-order valence-corrected chi connectivity index (χ3v) is 3.30. The molecule has 0 unspecified atom stereocenters. The monoisotopic (exact) mass is 243 g/mol. The van der Waals surface area contributed by atoms with E-state index in [1.54, 1.807) is 7.11 Å². The molecule has 90 valence electrons. The quantitative estimate of drug-likeness (QED) is 0.780. The third kappa shape index (κ3) is 3.28. The van der Waals surface area contributed by atoms with Crippen molar-refractivity contribution in [3.05, 3.63) is 15.6 Å². The number of hydrogen-bond donors (Lipinski definition) is 1. The predicted octanol–water partition coefficient (Wildman–Crippen LogP) is 2.54. The highest BCUT2D eigenvalue weighted by Gasteiger charge is 2.19. The van der Waals surface area contributed by atoms with Crippen LogP contribution in [-0.4, -0.2) is 29.8 Å². The van der Waals surface area contributed by atoms with Gasteiger partial charge in [0.15, 0.2) is 0 Å². The molecule has 1 rings (SSSR count). The van der Waals surface area contributed by atoms with Gasteiger partial charge in [-0.3, -0.25) is 0 Å². The summed E-state index contributed by atoms with van der Waals surface area (Å²) in [6.07, 6.45) is 1.66. The minimum absolute atomic E-state index is 0.151. The van der Waals surface area contributed by atoms with Crippen LogP contribution in [0, 0.1) is 0 Å². The molecule has 0 aromatic carbocycles. The molecule has 0 fully saturated rings. The lowest BCUT2D eigenvalue weighted by Crippen LogP contribution is -2.00. The molecule has 0 atom stereocenters. The van der Waals surface area contributed by atoms with Gasteiger partial charge in [-0.15, -0.1) is 11.3 Å². The number of methoxy groups -OCH3 is 1. The van der Waals surface area contributed by atoms with Crippen molar-refractivity contribution in [2.45, 2.75) is 32.6 Å². The van der Waals surface area contributed by atoms with E-state index in [4.69, 9.17) is 9.84 Å². The minimum atomic E-state index is -0.876. The van der Waals surface area contributed by atoms with Crippen molar-refractivity contribution in [1.82, 2.24) is 4.98 Å². The van der Waals surface area contributed by atoms with Crippen molar-refractivity contribution < 1.29 is 14.6 Å². The van der Waals surface area contributed by atoms with Crippen molar-refractivity contribution in [3.8, 4) is 0 Å². The molecule has 0 amide bonds. The lowest BCUT2D eigenvalue weighted by molar-refractivity contribution is 0.0700. The van der Waals surface area contributed by atoms with Gasteiger partial charge in [0.2, 0.25) is 0 Å². The molecule has 0 aliphatic carbocycles. The van der Waals surface area contributed by atoms with E-state index in [9.17, 15) is 4.79 Å². The highest BCUT2D eigenvalue weighted by atomic mass is 32.1. The molecule has 4 nitrogen and oxygen atoms in total. The van der Waals surface area contributed by atoms with Crippen LogP contribution in [0.1, 0.15) is 46.6 Å². The zero-order valence-corrected chi connectivity index (χ0v) is 10.6. The summed E-state index contributed by atoms with van der Waals surface area (Å²) in [6.45, 7) is 4.60. The molecule has 0 spiro atoms. The van der Waals surface area contributed by atoms with Gasteiger partial charge < -0.3 is 9.84 Å². The third-order valence-electron chi connectivity index (χ3n) is 2.18. The summed E-state index contributed by atoms with van der Waals surface area (Å²) in [5.41, 5.74) is 0.699. The van der Waals surface area contributed by atoms with E-state index < -0.39 is 5.97 Å². The van der Waals surface area contributed by atoms with Crippen LogP contribution in [0.15, 0.2) is 0 Å². The lowest BCUT2D eigenvalue weighted by Gasteiger charge is -2.00. The van der Waals surface area contributed by atoms with E-state index >= 15 is 0 Å². The van der Waals surface area contributed by atoms with Crippen molar-refractivity contribution >= 4 is 17.3 Å². The topological polar surface area (TPSA) is 59.4 Å². The second-order valence-electron chi connectivity index (χ2n) is 3.88. The molecule has 5 heteroatoms. The molecule has 0 saturated heterocycles. The summed E-state index contributed by atoms with van der Waals surface area (Å²) in [7, 11) is 1.66. The van der Waals surface area contributed by atoms with Gasteiger partial charge in [0.05, 0.1) is 10.7 Å². The smallest absolute Gasteiger partial charge is 0.347 e. The Balaban J connectivity index is 2.80. The van der Waals surface area contributed by atoms with E-state index in [2.05, 4.69) is 4.98 Å². The fourth-order valence-electron chi connectivity index (χ4n) is 1.40. The zero-order valence-electron chi connectivity index (χ0n) is 9.82. The first kappa shape index (κ1) is 13.1. The van der Waals surface area contributed by atoms with Gasteiger partial charge in [0, 0.05) is 20.1 Å². The van der Waals surface area contributed by atoms with Crippen LogP contribution in [0.5, 0.6) is 0 Å². The number of aromatic carboxylic acids is 1. The number of hydrogen-bond acceptors (Lipinski definition) is 4. The van der Waals surface area contributed by atoms with Crippen LogP contribution in [0.2, 0.25) is 0 Å². The van der Waals surface area contributed by atoms with E-state index in [1.807, 2.05) is 13.8 Å². The maximum Gasteiger partial charge on any atom is 0.347 e. The zero-order chi connectivity index (χ0) is 12.1. The maximum absolute atomic E-state index is 11.0. The van der Waals surface area contributed by atoms with E-state index in [0.717, 1.165) is 17.8 Å². The molecule has 0 bridgehead atoms. The Kier molecular flexibility index (Phi) is 4.89. The molecule has 16 heavy (non-hydrogen) atoms. The Morgan fingerprint density at radius 1 is 1.56 bits per heavy atom. The van der Waals surface area contributed by atoms with Crippen molar-refractivity contribution in [2.24, 2.45) is 0 Å². The fourth-order valence-corrected chi connectivity index (χ4v) is 2.50. The number of carboxylic acids is 1. The largest absolute Gasteiger partial charge is 0.477 e. The van der Waals surface area contributed by atoms with E-state index in [-0.39, 0.29) is 5.92 Å². The van der Waals surface area contributed by atoms with Crippen molar-refractivity contribution in [1.29, 1.82) is 0 Å². The van der Waals surface area contributed by atoms with Gasteiger partial charge in [0.25, 0.3) is 0 Å². The molecule has 0 radical (unpaired) electrons. The number of carbonyl (C=O) groups is 1. The number of aromatic nitrogens is 1. The number of ether oxygens (including phenoxy) is 1. The number of nitrogens with zero attached hydrogens (tertiary/aromatic N) is 1. The number of aryl methyl sites for hydroxylation is 1. The average molecular weight is 243 g/mol. The van der Waals surface area contributed by atoms with Crippen LogP contribution in [-0.2, 0) is 11.2 Å². The van der Waals surface area contributed by atoms with Crippen molar-refractivity contribution in [2.75, 3.05) is 13.7 Å². The normalized spacial score (nSPS) is 11.0. The first-order chi connectivity index (χ1) is 7.56. The molecule has 0 aliphatic rings. The highest BCUT2D eigenvalue weighted by Crippen LogP contribution is 2.25. The van der Waals surface area contributed by atoms with Crippen LogP contribution in [0.3, 0.4) is 0 Å². The van der Waals surface area contributed by atoms with Gasteiger partial charge in [-0.1, -0.05) is 13.8 Å². The Morgan fingerprint density at radius 3 is 2.69 bits per heavy atom. The first-order valence-corrected chi connectivity index (χ1v) is 6.09. The summed E-state index contributed by atoms with van der Waals surface area (Å²) in [5, 5.41) is 9.93.